The summed E-state index contributed by atoms with van der Waals surface area (Å²) < 4.78 is 0. The fourth-order valence-corrected chi connectivity index (χ4v) is 2.71. The van der Waals surface area contributed by atoms with Gasteiger partial charge in [-0.2, -0.15) is 0 Å². The van der Waals surface area contributed by atoms with Crippen LogP contribution in [0.4, 0.5) is 11.5 Å². The number of anilines is 1. The van der Waals surface area contributed by atoms with Gasteiger partial charge in [-0.25, -0.2) is 4.98 Å². The lowest BCUT2D eigenvalue weighted by Gasteiger charge is -2.35. The van der Waals surface area contributed by atoms with E-state index in [-0.39, 0.29) is 16.1 Å². The molecule has 0 atom stereocenters. The quantitative estimate of drug-likeness (QED) is 0.670. The maximum absolute atomic E-state index is 10.8. The first-order valence-electron chi connectivity index (χ1n) is 7.10. The molecule has 110 valence electrons. The van der Waals surface area contributed by atoms with Crippen molar-refractivity contribution in [3.8, 4) is 0 Å². The lowest BCUT2D eigenvalue weighted by Crippen LogP contribution is -2.45. The third kappa shape index (κ3) is 2.95. The number of nitrogens with zero attached hydrogens (tertiary/aromatic N) is 2. The second-order valence-corrected chi connectivity index (χ2v) is 5.77. The molecule has 0 unspecified atom stereocenters. The Kier molecular flexibility index (Phi) is 3.47. The summed E-state index contributed by atoms with van der Waals surface area (Å²) in [6.45, 7) is 4.21. The molecule has 2 N–H and O–H groups in total. The zero-order valence-corrected chi connectivity index (χ0v) is 11.9. The lowest BCUT2D eigenvalue weighted by atomic mass is 9.90. The number of fused-ring (bicyclic) bond motifs is 1. The monoisotopic (exact) mass is 286 g/mol. The van der Waals surface area contributed by atoms with E-state index in [9.17, 15) is 10.1 Å². The van der Waals surface area contributed by atoms with E-state index in [2.05, 4.69) is 22.5 Å². The number of rotatable bonds is 3. The molecule has 2 aromatic rings. The zero-order valence-electron chi connectivity index (χ0n) is 11.9. The van der Waals surface area contributed by atoms with E-state index >= 15 is 0 Å². The van der Waals surface area contributed by atoms with E-state index < -0.39 is 0 Å². The predicted octanol–water partition coefficient (Wildman–Crippen LogP) is 2.70. The van der Waals surface area contributed by atoms with Crippen LogP contribution in [0.1, 0.15) is 19.8 Å². The topological polar surface area (TPSA) is 80.1 Å². The highest BCUT2D eigenvalue weighted by atomic mass is 16.6. The first-order valence-corrected chi connectivity index (χ1v) is 7.10. The average molecular weight is 286 g/mol. The Morgan fingerprint density at radius 2 is 2.05 bits per heavy atom. The standard InChI is InChI=1S/C15H18N4O2/c1-15(6-8-16-9-7-15)18-14-5-2-11-10-12(19(20)21)3-4-13(11)17-14/h2-5,10,16H,6-9H2,1H3,(H,17,18). The van der Waals surface area contributed by atoms with Crippen LogP contribution in [0, 0.1) is 10.1 Å². The smallest absolute Gasteiger partial charge is 0.270 e. The van der Waals surface area contributed by atoms with E-state index in [1.807, 2.05) is 12.1 Å². The van der Waals surface area contributed by atoms with Gasteiger partial charge < -0.3 is 10.6 Å². The molecule has 0 saturated carbocycles. The normalized spacial score (nSPS) is 17.6. The van der Waals surface area contributed by atoms with Gasteiger partial charge in [0.15, 0.2) is 0 Å². The van der Waals surface area contributed by atoms with Gasteiger partial charge in [-0.15, -0.1) is 0 Å². The van der Waals surface area contributed by atoms with Crippen molar-refractivity contribution in [3.63, 3.8) is 0 Å². The van der Waals surface area contributed by atoms with Crippen LogP contribution < -0.4 is 10.6 Å². The number of benzene rings is 1. The summed E-state index contributed by atoms with van der Waals surface area (Å²) in [6, 6.07) is 8.51. The molecule has 6 heteroatoms. The number of nitro groups is 1. The van der Waals surface area contributed by atoms with E-state index in [1.165, 1.54) is 6.07 Å². The highest BCUT2D eigenvalue weighted by Crippen LogP contribution is 2.25. The second kappa shape index (κ2) is 5.29. The molecule has 0 radical (unpaired) electrons. The van der Waals surface area contributed by atoms with Gasteiger partial charge in [0, 0.05) is 23.1 Å². The van der Waals surface area contributed by atoms with Crippen LogP contribution >= 0.6 is 0 Å². The Morgan fingerprint density at radius 3 is 2.76 bits per heavy atom. The van der Waals surface area contributed by atoms with E-state index in [0.717, 1.165) is 42.7 Å². The van der Waals surface area contributed by atoms with Crippen molar-refractivity contribution < 1.29 is 4.92 Å². The summed E-state index contributed by atoms with van der Waals surface area (Å²) in [5, 5.41) is 18.4. The van der Waals surface area contributed by atoms with Crippen molar-refractivity contribution in [1.82, 2.24) is 10.3 Å². The van der Waals surface area contributed by atoms with Gasteiger partial charge in [0.05, 0.1) is 10.4 Å². The van der Waals surface area contributed by atoms with Crippen LogP contribution in [-0.2, 0) is 0 Å². The van der Waals surface area contributed by atoms with Crippen LogP contribution in [0.15, 0.2) is 30.3 Å². The van der Waals surface area contributed by atoms with Crippen LogP contribution in [0.2, 0.25) is 0 Å². The fraction of sp³-hybridized carbons (Fsp3) is 0.400. The van der Waals surface area contributed by atoms with Gasteiger partial charge >= 0.3 is 0 Å². The first-order chi connectivity index (χ1) is 10.1. The van der Waals surface area contributed by atoms with Gasteiger partial charge in [0.2, 0.25) is 0 Å². The maximum atomic E-state index is 10.8. The summed E-state index contributed by atoms with van der Waals surface area (Å²) in [6.07, 6.45) is 2.10. The second-order valence-electron chi connectivity index (χ2n) is 5.77. The minimum atomic E-state index is -0.387. The van der Waals surface area contributed by atoms with Gasteiger partial charge in [-0.1, -0.05) is 0 Å². The van der Waals surface area contributed by atoms with Crippen LogP contribution in [0.3, 0.4) is 0 Å². The number of aromatic nitrogens is 1. The van der Waals surface area contributed by atoms with E-state index in [0.29, 0.717) is 0 Å². The predicted molar refractivity (Wildman–Crippen MR) is 82.5 cm³/mol. The molecule has 2 heterocycles. The van der Waals surface area contributed by atoms with Crippen molar-refractivity contribution in [2.75, 3.05) is 18.4 Å². The Bertz CT molecular complexity index is 680. The SMILES string of the molecule is CC1(Nc2ccc3cc([N+](=O)[O-])ccc3n2)CCNCC1. The number of piperidine rings is 1. The van der Waals surface area contributed by atoms with Crippen molar-refractivity contribution in [2.24, 2.45) is 0 Å². The van der Waals surface area contributed by atoms with Gasteiger partial charge in [-0.05, 0) is 51.1 Å². The molecule has 0 spiro atoms. The average Bonchev–Trinajstić information content (AvgIpc) is 2.47. The summed E-state index contributed by atoms with van der Waals surface area (Å²) in [5.41, 5.74) is 0.908. The van der Waals surface area contributed by atoms with Crippen molar-refractivity contribution in [3.05, 3.63) is 40.4 Å². The third-order valence-electron chi connectivity index (χ3n) is 4.02. The molecule has 21 heavy (non-hydrogen) atoms. The van der Waals surface area contributed by atoms with E-state index in [1.54, 1.807) is 12.1 Å². The number of hydrogen-bond acceptors (Lipinski definition) is 5. The Hall–Kier alpha value is -2.21. The zero-order chi connectivity index (χ0) is 14.9. The molecule has 3 rings (SSSR count). The number of nitrogens with one attached hydrogen (secondary N) is 2. The summed E-state index contributed by atoms with van der Waals surface area (Å²) in [5.74, 6) is 0.820. The van der Waals surface area contributed by atoms with E-state index in [4.69, 9.17) is 0 Å². The fourth-order valence-electron chi connectivity index (χ4n) is 2.71. The van der Waals surface area contributed by atoms with Crippen LogP contribution in [0.25, 0.3) is 10.9 Å². The van der Waals surface area contributed by atoms with Crippen molar-refractivity contribution in [1.29, 1.82) is 0 Å². The Balaban J connectivity index is 1.87. The Labute approximate surface area is 122 Å². The molecule has 1 aliphatic rings. The van der Waals surface area contributed by atoms with Crippen LogP contribution in [0.5, 0.6) is 0 Å². The summed E-state index contributed by atoms with van der Waals surface area (Å²) >= 11 is 0. The maximum Gasteiger partial charge on any atom is 0.270 e. The molecule has 1 fully saturated rings. The molecule has 1 aromatic heterocycles. The molecular weight excluding hydrogens is 268 g/mol. The number of hydrogen-bond donors (Lipinski definition) is 2. The highest BCUT2D eigenvalue weighted by Gasteiger charge is 2.26. The largest absolute Gasteiger partial charge is 0.365 e. The first kappa shape index (κ1) is 13.8. The molecular formula is C15H18N4O2. The minimum absolute atomic E-state index is 0.0483. The van der Waals surface area contributed by atoms with Crippen molar-refractivity contribution in [2.45, 2.75) is 25.3 Å². The lowest BCUT2D eigenvalue weighted by molar-refractivity contribution is -0.384. The molecule has 0 amide bonds. The van der Waals surface area contributed by atoms with Gasteiger partial charge in [-0.3, -0.25) is 10.1 Å². The minimum Gasteiger partial charge on any atom is -0.365 e. The molecule has 1 saturated heterocycles. The number of pyridine rings is 1. The van der Waals surface area contributed by atoms with Crippen LogP contribution in [-0.4, -0.2) is 28.5 Å². The molecule has 1 aromatic carbocycles. The Morgan fingerprint density at radius 1 is 1.29 bits per heavy atom. The summed E-state index contributed by atoms with van der Waals surface area (Å²) in [4.78, 5) is 15.0. The number of non-ortho nitro benzene ring substituents is 1. The molecule has 6 nitrogen and oxygen atoms in total. The van der Waals surface area contributed by atoms with Gasteiger partial charge in [0.1, 0.15) is 5.82 Å². The van der Waals surface area contributed by atoms with Crippen molar-refractivity contribution >= 4 is 22.4 Å². The molecule has 0 aliphatic carbocycles. The highest BCUT2D eigenvalue weighted by molar-refractivity contribution is 5.82. The summed E-state index contributed by atoms with van der Waals surface area (Å²) in [7, 11) is 0. The molecule has 1 aliphatic heterocycles. The molecule has 0 bridgehead atoms. The van der Waals surface area contributed by atoms with Gasteiger partial charge in [0.25, 0.3) is 5.69 Å². The number of nitro benzene ring substituents is 1. The third-order valence-corrected chi connectivity index (χ3v) is 4.02.